The summed E-state index contributed by atoms with van der Waals surface area (Å²) < 4.78 is 0. The number of benzene rings is 1. The van der Waals surface area contributed by atoms with Crippen molar-refractivity contribution in [3.8, 4) is 0 Å². The zero-order valence-electron chi connectivity index (χ0n) is 12.1. The molecule has 4 heteroatoms. The number of hydrogen-bond donors (Lipinski definition) is 2. The van der Waals surface area contributed by atoms with Crippen molar-refractivity contribution >= 4 is 17.6 Å². The number of rotatable bonds is 5. The Morgan fingerprint density at radius 1 is 1.20 bits per heavy atom. The van der Waals surface area contributed by atoms with E-state index in [0.29, 0.717) is 0 Å². The Morgan fingerprint density at radius 3 is 2.25 bits per heavy atom. The van der Waals surface area contributed by atoms with Crippen LogP contribution in [0.1, 0.15) is 32.8 Å². The molecular formula is C16H21NO3. The van der Waals surface area contributed by atoms with Crippen LogP contribution in [0.3, 0.4) is 0 Å². The predicted octanol–water partition coefficient (Wildman–Crippen LogP) is 2.93. The van der Waals surface area contributed by atoms with Gasteiger partial charge in [-0.2, -0.15) is 0 Å². The van der Waals surface area contributed by atoms with Crippen molar-refractivity contribution in [2.75, 3.05) is 5.32 Å². The number of carboxylic acids is 1. The number of carbonyl (C=O) groups is 2. The van der Waals surface area contributed by atoms with E-state index < -0.39 is 23.2 Å². The molecule has 1 aliphatic rings. The molecule has 2 atom stereocenters. The molecule has 2 rings (SSSR count). The summed E-state index contributed by atoms with van der Waals surface area (Å²) in [5.41, 5.74) is 1.50. The van der Waals surface area contributed by atoms with Gasteiger partial charge in [0.15, 0.2) is 0 Å². The van der Waals surface area contributed by atoms with Crippen molar-refractivity contribution < 1.29 is 14.7 Å². The minimum absolute atomic E-state index is 0.203. The summed E-state index contributed by atoms with van der Waals surface area (Å²) in [4.78, 5) is 23.2. The molecule has 1 aliphatic carbocycles. The van der Waals surface area contributed by atoms with Crippen LogP contribution in [0.5, 0.6) is 0 Å². The van der Waals surface area contributed by atoms with Crippen LogP contribution in [-0.2, 0) is 16.0 Å². The summed E-state index contributed by atoms with van der Waals surface area (Å²) in [5.74, 6) is -2.13. The molecule has 4 nitrogen and oxygen atoms in total. The minimum atomic E-state index is -0.895. The second kappa shape index (κ2) is 5.27. The van der Waals surface area contributed by atoms with E-state index in [0.717, 1.165) is 18.5 Å². The maximum atomic E-state index is 12.1. The topological polar surface area (TPSA) is 66.4 Å². The molecule has 0 aliphatic heterocycles. The van der Waals surface area contributed by atoms with E-state index in [1.807, 2.05) is 38.1 Å². The van der Waals surface area contributed by atoms with Crippen LogP contribution in [0.4, 0.5) is 5.69 Å². The quantitative estimate of drug-likeness (QED) is 0.868. The lowest BCUT2D eigenvalue weighted by Crippen LogP contribution is -2.17. The third kappa shape index (κ3) is 2.69. The molecule has 0 aromatic heterocycles. The summed E-state index contributed by atoms with van der Waals surface area (Å²) in [6, 6.07) is 7.72. The van der Waals surface area contributed by atoms with Crippen molar-refractivity contribution in [3.05, 3.63) is 29.8 Å². The van der Waals surface area contributed by atoms with Crippen LogP contribution in [0, 0.1) is 17.3 Å². The Bertz CT molecular complexity index is 519. The number of hydrogen-bond acceptors (Lipinski definition) is 2. The highest BCUT2D eigenvalue weighted by molar-refractivity contribution is 5.99. The first-order valence-corrected chi connectivity index (χ1v) is 7.00. The van der Waals surface area contributed by atoms with Gasteiger partial charge in [-0.3, -0.25) is 9.59 Å². The smallest absolute Gasteiger partial charge is 0.307 e. The number of nitrogens with one attached hydrogen (secondary N) is 1. The monoisotopic (exact) mass is 275 g/mol. The number of aliphatic carboxylic acids is 1. The molecule has 20 heavy (non-hydrogen) atoms. The van der Waals surface area contributed by atoms with Gasteiger partial charge in [0.05, 0.1) is 11.8 Å². The molecule has 0 bridgehead atoms. The van der Waals surface area contributed by atoms with Crippen molar-refractivity contribution in [1.82, 2.24) is 0 Å². The fourth-order valence-electron chi connectivity index (χ4n) is 2.85. The van der Waals surface area contributed by atoms with E-state index in [1.165, 1.54) is 5.56 Å². The largest absolute Gasteiger partial charge is 0.481 e. The summed E-state index contributed by atoms with van der Waals surface area (Å²) in [6.07, 6.45) is 2.10. The molecule has 1 amide bonds. The van der Waals surface area contributed by atoms with Gasteiger partial charge in [-0.25, -0.2) is 0 Å². The fourth-order valence-corrected chi connectivity index (χ4v) is 2.85. The van der Waals surface area contributed by atoms with E-state index in [4.69, 9.17) is 5.11 Å². The van der Waals surface area contributed by atoms with Crippen LogP contribution in [0.2, 0.25) is 0 Å². The van der Waals surface area contributed by atoms with E-state index in [2.05, 4.69) is 12.2 Å². The van der Waals surface area contributed by atoms with E-state index in [-0.39, 0.29) is 5.91 Å². The second-order valence-corrected chi connectivity index (χ2v) is 6.05. The first-order chi connectivity index (χ1) is 9.37. The molecule has 0 saturated heterocycles. The van der Waals surface area contributed by atoms with Crippen LogP contribution in [0.25, 0.3) is 0 Å². The summed E-state index contributed by atoms with van der Waals surface area (Å²) in [7, 11) is 0. The van der Waals surface area contributed by atoms with Gasteiger partial charge in [0.2, 0.25) is 5.91 Å². The van der Waals surface area contributed by atoms with Crippen molar-refractivity contribution in [1.29, 1.82) is 0 Å². The molecule has 0 spiro atoms. The van der Waals surface area contributed by atoms with Gasteiger partial charge in [-0.15, -0.1) is 0 Å². The SMILES string of the molecule is CCCc1ccc(NC(=O)[C@H]2[C@@H](C(=O)O)C2(C)C)cc1. The molecule has 2 N–H and O–H groups in total. The molecule has 1 saturated carbocycles. The molecule has 0 unspecified atom stereocenters. The Morgan fingerprint density at radius 2 is 1.80 bits per heavy atom. The Hall–Kier alpha value is -1.84. The van der Waals surface area contributed by atoms with Gasteiger partial charge in [-0.05, 0) is 29.5 Å². The average Bonchev–Trinajstić information content (AvgIpc) is 2.95. The molecule has 1 fully saturated rings. The lowest BCUT2D eigenvalue weighted by atomic mass is 10.1. The number of carboxylic acid groups (broad SMARTS) is 1. The van der Waals surface area contributed by atoms with Gasteiger partial charge in [0.1, 0.15) is 0 Å². The second-order valence-electron chi connectivity index (χ2n) is 6.05. The van der Waals surface area contributed by atoms with Gasteiger partial charge < -0.3 is 10.4 Å². The first kappa shape index (κ1) is 14.6. The van der Waals surface area contributed by atoms with Gasteiger partial charge in [0.25, 0.3) is 0 Å². The summed E-state index contributed by atoms with van der Waals surface area (Å²) in [5, 5.41) is 11.9. The molecule has 108 valence electrons. The van der Waals surface area contributed by atoms with Gasteiger partial charge in [0, 0.05) is 5.69 Å². The third-order valence-electron chi connectivity index (χ3n) is 4.14. The highest BCUT2D eigenvalue weighted by Gasteiger charge is 2.65. The molecular weight excluding hydrogens is 254 g/mol. The molecule has 0 radical (unpaired) electrons. The maximum Gasteiger partial charge on any atom is 0.307 e. The van der Waals surface area contributed by atoms with E-state index in [1.54, 1.807) is 0 Å². The Balaban J connectivity index is 2.00. The summed E-state index contributed by atoms with van der Waals surface area (Å²) >= 11 is 0. The number of aryl methyl sites for hydroxylation is 1. The van der Waals surface area contributed by atoms with Crippen molar-refractivity contribution in [2.24, 2.45) is 17.3 Å². The standard InChI is InChI=1S/C16H21NO3/c1-4-5-10-6-8-11(9-7-10)17-14(18)12-13(15(19)20)16(12,2)3/h6-9,12-13H,4-5H2,1-3H3,(H,17,18)(H,19,20)/t12-,13+/m1/s1. The average molecular weight is 275 g/mol. The Kier molecular flexibility index (Phi) is 3.84. The number of anilines is 1. The first-order valence-electron chi connectivity index (χ1n) is 7.00. The lowest BCUT2D eigenvalue weighted by Gasteiger charge is -2.07. The van der Waals surface area contributed by atoms with Crippen molar-refractivity contribution in [3.63, 3.8) is 0 Å². The van der Waals surface area contributed by atoms with Crippen LogP contribution >= 0.6 is 0 Å². The highest BCUT2D eigenvalue weighted by atomic mass is 16.4. The highest BCUT2D eigenvalue weighted by Crippen LogP contribution is 2.58. The van der Waals surface area contributed by atoms with Crippen LogP contribution in [0.15, 0.2) is 24.3 Å². The van der Waals surface area contributed by atoms with Gasteiger partial charge in [-0.1, -0.05) is 39.3 Å². The van der Waals surface area contributed by atoms with Crippen LogP contribution in [-0.4, -0.2) is 17.0 Å². The zero-order chi connectivity index (χ0) is 14.9. The van der Waals surface area contributed by atoms with Gasteiger partial charge >= 0.3 is 5.97 Å². The van der Waals surface area contributed by atoms with E-state index >= 15 is 0 Å². The fraction of sp³-hybridized carbons (Fsp3) is 0.500. The van der Waals surface area contributed by atoms with Crippen molar-refractivity contribution in [2.45, 2.75) is 33.6 Å². The molecule has 1 aromatic rings. The molecule has 0 heterocycles. The number of amides is 1. The Labute approximate surface area is 119 Å². The summed E-state index contributed by atoms with van der Waals surface area (Å²) in [6.45, 7) is 5.76. The normalized spacial score (nSPS) is 23.1. The lowest BCUT2D eigenvalue weighted by molar-refractivity contribution is -0.140. The minimum Gasteiger partial charge on any atom is -0.481 e. The van der Waals surface area contributed by atoms with E-state index in [9.17, 15) is 9.59 Å². The zero-order valence-corrected chi connectivity index (χ0v) is 12.1. The maximum absolute atomic E-state index is 12.1. The third-order valence-corrected chi connectivity index (χ3v) is 4.14. The van der Waals surface area contributed by atoms with Crippen LogP contribution < -0.4 is 5.32 Å². The number of carbonyl (C=O) groups excluding carboxylic acids is 1. The molecule has 1 aromatic carbocycles. The predicted molar refractivity (Wildman–Crippen MR) is 77.5 cm³/mol.